The van der Waals surface area contributed by atoms with E-state index in [4.69, 9.17) is 0 Å². The Hall–Kier alpha value is -2.44. The minimum absolute atomic E-state index is 0.265. The second-order valence-electron chi connectivity index (χ2n) is 4.99. The van der Waals surface area contributed by atoms with E-state index < -0.39 is 12.0 Å². The maximum Gasteiger partial charge on any atom is 0.230 e. The smallest absolute Gasteiger partial charge is 0.230 e. The molecule has 1 aromatic carbocycles. The highest BCUT2D eigenvalue weighted by atomic mass is 16.6. The quantitative estimate of drug-likeness (QED) is 0.661. The number of rotatable bonds is 4. The first kappa shape index (κ1) is 12.6. The number of nitrogens with one attached hydrogen (secondary N) is 1. The zero-order valence-corrected chi connectivity index (χ0v) is 10.9. The average Bonchev–Trinajstić information content (AvgIpc) is 3.18. The first-order chi connectivity index (χ1) is 9.58. The molecule has 0 saturated heterocycles. The molecule has 0 bridgehead atoms. The molecule has 1 aliphatic carbocycles. The highest BCUT2D eigenvalue weighted by Crippen LogP contribution is 2.33. The first-order valence-corrected chi connectivity index (χ1v) is 6.39. The molecule has 7 heteroatoms. The molecule has 2 atom stereocenters. The second-order valence-corrected chi connectivity index (χ2v) is 4.99. The van der Waals surface area contributed by atoms with Crippen LogP contribution in [0.5, 0.6) is 0 Å². The SMILES string of the molecule is Cn1c(CNC(=O)[C@H]2C[C@@H]2[N+](=O)[O-])nc2ccccc21. The minimum Gasteiger partial charge on any atom is -0.348 e. The zero-order valence-electron chi connectivity index (χ0n) is 10.9. The monoisotopic (exact) mass is 274 g/mol. The van der Waals surface area contributed by atoms with Crippen molar-refractivity contribution >= 4 is 16.9 Å². The molecule has 1 aliphatic rings. The van der Waals surface area contributed by atoms with Gasteiger partial charge in [0.2, 0.25) is 11.9 Å². The number of nitrogens with zero attached hydrogens (tertiary/aromatic N) is 3. The van der Waals surface area contributed by atoms with E-state index in [0.717, 1.165) is 16.9 Å². The molecular formula is C13H14N4O3. The summed E-state index contributed by atoms with van der Waals surface area (Å²) < 4.78 is 1.91. The van der Waals surface area contributed by atoms with Gasteiger partial charge < -0.3 is 9.88 Å². The van der Waals surface area contributed by atoms with E-state index in [1.54, 1.807) is 0 Å². The molecule has 3 rings (SSSR count). The number of aromatic nitrogens is 2. The molecule has 0 spiro atoms. The van der Waals surface area contributed by atoms with E-state index in [2.05, 4.69) is 10.3 Å². The maximum atomic E-state index is 11.8. The summed E-state index contributed by atoms with van der Waals surface area (Å²) in [6.07, 6.45) is 0.335. The number of para-hydroxylation sites is 2. The molecule has 104 valence electrons. The summed E-state index contributed by atoms with van der Waals surface area (Å²) in [6.45, 7) is 0.283. The van der Waals surface area contributed by atoms with Crippen LogP contribution in [0.25, 0.3) is 11.0 Å². The van der Waals surface area contributed by atoms with E-state index in [9.17, 15) is 14.9 Å². The normalized spacial score (nSPS) is 20.9. The second kappa shape index (κ2) is 4.59. The predicted molar refractivity (Wildman–Crippen MR) is 71.5 cm³/mol. The van der Waals surface area contributed by atoms with Crippen LogP contribution in [0.3, 0.4) is 0 Å². The van der Waals surface area contributed by atoms with Crippen molar-refractivity contribution in [3.05, 3.63) is 40.2 Å². The Morgan fingerprint density at radius 2 is 2.30 bits per heavy atom. The van der Waals surface area contributed by atoms with Crippen molar-refractivity contribution < 1.29 is 9.72 Å². The molecule has 0 aliphatic heterocycles. The van der Waals surface area contributed by atoms with Crippen LogP contribution >= 0.6 is 0 Å². The van der Waals surface area contributed by atoms with Gasteiger partial charge in [0.05, 0.1) is 17.6 Å². The third kappa shape index (κ3) is 2.11. The lowest BCUT2D eigenvalue weighted by Crippen LogP contribution is -2.27. The van der Waals surface area contributed by atoms with E-state index in [1.165, 1.54) is 0 Å². The minimum atomic E-state index is -0.713. The Labute approximate surface area is 114 Å². The van der Waals surface area contributed by atoms with Gasteiger partial charge in [-0.15, -0.1) is 0 Å². The first-order valence-electron chi connectivity index (χ1n) is 6.39. The van der Waals surface area contributed by atoms with Crippen molar-refractivity contribution in [1.82, 2.24) is 14.9 Å². The molecular weight excluding hydrogens is 260 g/mol. The van der Waals surface area contributed by atoms with Gasteiger partial charge in [-0.05, 0) is 12.1 Å². The van der Waals surface area contributed by atoms with Crippen molar-refractivity contribution in [3.8, 4) is 0 Å². The summed E-state index contributed by atoms with van der Waals surface area (Å²) in [4.78, 5) is 26.3. The van der Waals surface area contributed by atoms with Gasteiger partial charge >= 0.3 is 0 Å². The maximum absolute atomic E-state index is 11.8. The fourth-order valence-electron chi connectivity index (χ4n) is 2.35. The summed E-state index contributed by atoms with van der Waals surface area (Å²) in [6, 6.07) is 6.99. The fraction of sp³-hybridized carbons (Fsp3) is 0.385. The molecule has 7 nitrogen and oxygen atoms in total. The molecule has 1 amide bonds. The van der Waals surface area contributed by atoms with Crippen molar-refractivity contribution in [3.63, 3.8) is 0 Å². The van der Waals surface area contributed by atoms with Crippen molar-refractivity contribution in [2.24, 2.45) is 13.0 Å². The number of fused-ring (bicyclic) bond motifs is 1. The Morgan fingerprint density at radius 1 is 1.55 bits per heavy atom. The summed E-state index contributed by atoms with van der Waals surface area (Å²) in [5.41, 5.74) is 1.86. The number of aryl methyl sites for hydroxylation is 1. The van der Waals surface area contributed by atoms with Crippen molar-refractivity contribution in [2.75, 3.05) is 0 Å². The molecule has 1 fully saturated rings. The zero-order chi connectivity index (χ0) is 14.3. The van der Waals surface area contributed by atoms with Crippen molar-refractivity contribution in [2.45, 2.75) is 19.0 Å². The number of amides is 1. The lowest BCUT2D eigenvalue weighted by molar-refractivity contribution is -0.497. The Bertz CT molecular complexity index is 694. The molecule has 2 aromatic rings. The van der Waals surface area contributed by atoms with Gasteiger partial charge in [0.1, 0.15) is 11.7 Å². The molecule has 1 saturated carbocycles. The number of hydrogen-bond donors (Lipinski definition) is 1. The molecule has 1 N–H and O–H groups in total. The molecule has 20 heavy (non-hydrogen) atoms. The number of carbonyl (C=O) groups excluding carboxylic acids is 1. The van der Waals surface area contributed by atoms with E-state index in [1.807, 2.05) is 35.9 Å². The van der Waals surface area contributed by atoms with Crippen LogP contribution in [-0.4, -0.2) is 26.4 Å². The van der Waals surface area contributed by atoms with Crippen LogP contribution in [-0.2, 0) is 18.4 Å². The Kier molecular flexibility index (Phi) is 2.89. The highest BCUT2D eigenvalue weighted by Gasteiger charge is 2.53. The Balaban J connectivity index is 1.67. The van der Waals surface area contributed by atoms with Crippen molar-refractivity contribution in [1.29, 1.82) is 0 Å². The van der Waals surface area contributed by atoms with Gasteiger partial charge in [0, 0.05) is 18.4 Å². The lowest BCUT2D eigenvalue weighted by Gasteiger charge is -2.04. The average molecular weight is 274 g/mol. The van der Waals surface area contributed by atoms with Crippen LogP contribution < -0.4 is 5.32 Å². The summed E-state index contributed by atoms with van der Waals surface area (Å²) in [7, 11) is 1.88. The van der Waals surface area contributed by atoms with E-state index in [0.29, 0.717) is 6.42 Å². The van der Waals surface area contributed by atoms with Gasteiger partial charge in [-0.3, -0.25) is 14.9 Å². The van der Waals surface area contributed by atoms with Gasteiger partial charge in [-0.1, -0.05) is 12.1 Å². The van der Waals surface area contributed by atoms with Crippen LogP contribution in [0.1, 0.15) is 12.2 Å². The number of benzene rings is 1. The molecule has 0 radical (unpaired) electrons. The van der Waals surface area contributed by atoms with E-state index in [-0.39, 0.29) is 17.4 Å². The van der Waals surface area contributed by atoms with E-state index >= 15 is 0 Å². The standard InChI is InChI=1S/C13H14N4O3/c1-16-10-5-3-2-4-9(10)15-12(16)7-14-13(18)8-6-11(8)17(19)20/h2-5,8,11H,6-7H2,1H3,(H,14,18)/t8-,11-/m0/s1. The third-order valence-electron chi connectivity index (χ3n) is 3.66. The summed E-state index contributed by atoms with van der Waals surface area (Å²) in [5.74, 6) is -0.0173. The number of hydrogen-bond acceptors (Lipinski definition) is 4. The predicted octanol–water partition coefficient (Wildman–Crippen LogP) is 0.855. The number of nitro groups is 1. The highest BCUT2D eigenvalue weighted by molar-refractivity contribution is 5.82. The molecule has 1 heterocycles. The third-order valence-corrected chi connectivity index (χ3v) is 3.66. The van der Waals surface area contributed by atoms with Crippen LogP contribution in [0, 0.1) is 16.0 Å². The number of imidazole rings is 1. The molecule has 1 aromatic heterocycles. The summed E-state index contributed by atoms with van der Waals surface area (Å²) >= 11 is 0. The largest absolute Gasteiger partial charge is 0.348 e. The fourth-order valence-corrected chi connectivity index (χ4v) is 2.35. The molecule has 0 unspecified atom stereocenters. The summed E-state index contributed by atoms with van der Waals surface area (Å²) in [5, 5.41) is 13.3. The van der Waals surface area contributed by atoms with Gasteiger partial charge in [-0.25, -0.2) is 4.98 Å². The number of carbonyl (C=O) groups is 1. The van der Waals surface area contributed by atoms with Crippen LogP contribution in [0.15, 0.2) is 24.3 Å². The topological polar surface area (TPSA) is 90.1 Å². The lowest BCUT2D eigenvalue weighted by atomic mass is 10.3. The van der Waals surface area contributed by atoms with Gasteiger partial charge in [-0.2, -0.15) is 0 Å². The van der Waals surface area contributed by atoms with Crippen LogP contribution in [0.2, 0.25) is 0 Å². The van der Waals surface area contributed by atoms with Crippen LogP contribution in [0.4, 0.5) is 0 Å². The Morgan fingerprint density at radius 3 is 2.95 bits per heavy atom. The van der Waals surface area contributed by atoms with Gasteiger partial charge in [0.25, 0.3) is 0 Å². The van der Waals surface area contributed by atoms with Gasteiger partial charge in [0.15, 0.2) is 0 Å².